The van der Waals surface area contributed by atoms with Crippen molar-refractivity contribution in [2.45, 2.75) is 32.2 Å². The van der Waals surface area contributed by atoms with Gasteiger partial charge in [-0.3, -0.25) is 4.79 Å². The lowest BCUT2D eigenvalue weighted by Crippen LogP contribution is -2.39. The van der Waals surface area contributed by atoms with Crippen molar-refractivity contribution in [1.29, 1.82) is 0 Å². The Labute approximate surface area is 89.3 Å². The number of unbranched alkanes of at least 4 members (excludes halogenated alkanes) is 1. The number of carbonyl (C=O) groups is 2. The van der Waals surface area contributed by atoms with Crippen LogP contribution in [-0.2, 0) is 9.59 Å². The van der Waals surface area contributed by atoms with E-state index in [1.54, 1.807) is 13.0 Å². The number of hydrogen-bond acceptors (Lipinski definition) is 3. The second-order valence-electron chi connectivity index (χ2n) is 3.18. The van der Waals surface area contributed by atoms with Crippen molar-refractivity contribution in [2.24, 2.45) is 5.73 Å². The summed E-state index contributed by atoms with van der Waals surface area (Å²) in [4.78, 5) is 21.9. The Morgan fingerprint density at radius 1 is 1.47 bits per heavy atom. The zero-order chi connectivity index (χ0) is 11.7. The van der Waals surface area contributed by atoms with Gasteiger partial charge in [-0.2, -0.15) is 0 Å². The number of nitrogens with one attached hydrogen (secondary N) is 1. The molecule has 0 rings (SSSR count). The minimum Gasteiger partial charge on any atom is -0.480 e. The monoisotopic (exact) mass is 214 g/mol. The van der Waals surface area contributed by atoms with Crippen LogP contribution in [-0.4, -0.2) is 29.6 Å². The predicted octanol–water partition coefficient (Wildman–Crippen LogP) is 0.261. The first kappa shape index (κ1) is 13.6. The first-order chi connectivity index (χ1) is 7.11. The van der Waals surface area contributed by atoms with Crippen molar-refractivity contribution >= 4 is 11.9 Å². The number of carboxylic acid groups (broad SMARTS) is 1. The molecule has 0 aliphatic rings. The third-order valence-electron chi connectivity index (χ3n) is 1.88. The fraction of sp³-hybridized carbons (Fsp3) is 0.600. The smallest absolute Gasteiger partial charge is 0.326 e. The average Bonchev–Trinajstić information content (AvgIpc) is 2.16. The summed E-state index contributed by atoms with van der Waals surface area (Å²) in [5, 5.41) is 11.2. The molecule has 0 fully saturated rings. The first-order valence-corrected chi connectivity index (χ1v) is 4.98. The van der Waals surface area contributed by atoms with Crippen LogP contribution in [0.5, 0.6) is 0 Å². The molecule has 0 spiro atoms. The van der Waals surface area contributed by atoms with E-state index in [4.69, 9.17) is 10.8 Å². The molecule has 15 heavy (non-hydrogen) atoms. The molecular weight excluding hydrogens is 196 g/mol. The van der Waals surface area contributed by atoms with Gasteiger partial charge in [0.05, 0.1) is 0 Å². The Morgan fingerprint density at radius 2 is 2.13 bits per heavy atom. The van der Waals surface area contributed by atoms with E-state index in [1.165, 1.54) is 6.08 Å². The van der Waals surface area contributed by atoms with Crippen molar-refractivity contribution in [3.63, 3.8) is 0 Å². The van der Waals surface area contributed by atoms with Crippen LogP contribution in [0.1, 0.15) is 26.2 Å². The number of aliphatic carboxylic acids is 1. The summed E-state index contributed by atoms with van der Waals surface area (Å²) in [6, 6.07) is -0.819. The molecule has 0 aromatic carbocycles. The highest BCUT2D eigenvalue weighted by atomic mass is 16.4. The molecule has 5 nitrogen and oxygen atoms in total. The Kier molecular flexibility index (Phi) is 7.27. The van der Waals surface area contributed by atoms with Gasteiger partial charge >= 0.3 is 5.97 Å². The van der Waals surface area contributed by atoms with Gasteiger partial charge in [0.15, 0.2) is 0 Å². The molecule has 0 aliphatic carbocycles. The van der Waals surface area contributed by atoms with E-state index in [0.29, 0.717) is 19.4 Å². The normalized spacial score (nSPS) is 12.7. The quantitative estimate of drug-likeness (QED) is 0.418. The van der Waals surface area contributed by atoms with Gasteiger partial charge in [-0.15, -0.1) is 0 Å². The van der Waals surface area contributed by atoms with E-state index in [9.17, 15) is 9.59 Å². The Bertz CT molecular complexity index is 239. The van der Waals surface area contributed by atoms with Crippen LogP contribution in [0.2, 0.25) is 0 Å². The largest absolute Gasteiger partial charge is 0.480 e. The fourth-order valence-corrected chi connectivity index (χ4v) is 1.12. The lowest BCUT2D eigenvalue weighted by molar-refractivity contribution is -0.141. The van der Waals surface area contributed by atoms with Crippen LogP contribution < -0.4 is 11.1 Å². The summed E-state index contributed by atoms with van der Waals surface area (Å²) in [5.74, 6) is -1.39. The predicted molar refractivity (Wildman–Crippen MR) is 57.3 cm³/mol. The highest BCUT2D eigenvalue weighted by Gasteiger charge is 2.17. The maximum Gasteiger partial charge on any atom is 0.326 e. The molecule has 86 valence electrons. The van der Waals surface area contributed by atoms with Gasteiger partial charge < -0.3 is 16.2 Å². The minimum atomic E-state index is -1.01. The zero-order valence-electron chi connectivity index (χ0n) is 8.90. The van der Waals surface area contributed by atoms with Gasteiger partial charge in [0.1, 0.15) is 6.04 Å². The molecule has 0 aromatic heterocycles. The third kappa shape index (κ3) is 6.68. The lowest BCUT2D eigenvalue weighted by Gasteiger charge is -2.12. The second kappa shape index (κ2) is 7.99. The number of hydrogen-bond donors (Lipinski definition) is 3. The Morgan fingerprint density at radius 3 is 2.60 bits per heavy atom. The number of carboxylic acids is 1. The van der Waals surface area contributed by atoms with Crippen LogP contribution in [0.25, 0.3) is 0 Å². The highest BCUT2D eigenvalue weighted by molar-refractivity contribution is 5.90. The van der Waals surface area contributed by atoms with Crippen LogP contribution in [0.15, 0.2) is 12.2 Å². The molecule has 0 bridgehead atoms. The molecular formula is C10H18N2O3. The maximum absolute atomic E-state index is 11.1. The van der Waals surface area contributed by atoms with E-state index >= 15 is 0 Å². The molecule has 0 saturated carbocycles. The average molecular weight is 214 g/mol. The van der Waals surface area contributed by atoms with Crippen molar-refractivity contribution in [3.8, 4) is 0 Å². The van der Waals surface area contributed by atoms with E-state index < -0.39 is 12.0 Å². The Balaban J connectivity index is 4.04. The van der Waals surface area contributed by atoms with Crippen molar-refractivity contribution < 1.29 is 14.7 Å². The number of rotatable bonds is 7. The molecule has 4 N–H and O–H groups in total. The standard InChI is InChI=1S/C10H18N2O3/c1-2-5-9(13)12-8(10(14)15)6-3-4-7-11/h2,5,8H,3-4,6-7,11H2,1H3,(H,12,13)(H,14,15)/t8-/m0/s1. The van der Waals surface area contributed by atoms with Gasteiger partial charge in [-0.25, -0.2) is 4.79 Å². The third-order valence-corrected chi connectivity index (χ3v) is 1.88. The fourth-order valence-electron chi connectivity index (χ4n) is 1.12. The van der Waals surface area contributed by atoms with Gasteiger partial charge in [0, 0.05) is 0 Å². The van der Waals surface area contributed by atoms with Gasteiger partial charge in [-0.1, -0.05) is 6.08 Å². The number of allylic oxidation sites excluding steroid dienone is 1. The van der Waals surface area contributed by atoms with Crippen LogP contribution >= 0.6 is 0 Å². The number of nitrogens with two attached hydrogens (primary N) is 1. The number of carbonyl (C=O) groups excluding carboxylic acids is 1. The SMILES string of the molecule is CC=CC(=O)N[C@@H](CCCCN)C(=O)O. The lowest BCUT2D eigenvalue weighted by atomic mass is 10.1. The summed E-state index contributed by atoms with van der Waals surface area (Å²) >= 11 is 0. The molecule has 0 saturated heterocycles. The van der Waals surface area contributed by atoms with Crippen molar-refractivity contribution in [3.05, 3.63) is 12.2 Å². The molecule has 0 aliphatic heterocycles. The maximum atomic E-state index is 11.1. The molecule has 0 heterocycles. The van der Waals surface area contributed by atoms with Crippen molar-refractivity contribution in [1.82, 2.24) is 5.32 Å². The van der Waals surface area contributed by atoms with E-state index in [2.05, 4.69) is 5.32 Å². The summed E-state index contributed by atoms with van der Waals surface area (Å²) in [6.45, 7) is 2.24. The molecule has 5 heteroatoms. The van der Waals surface area contributed by atoms with Crippen LogP contribution in [0, 0.1) is 0 Å². The molecule has 0 radical (unpaired) electrons. The van der Waals surface area contributed by atoms with Gasteiger partial charge in [-0.05, 0) is 38.8 Å². The summed E-state index contributed by atoms with van der Waals surface area (Å²) in [5.41, 5.74) is 5.29. The molecule has 0 aromatic rings. The van der Waals surface area contributed by atoms with Crippen LogP contribution in [0.3, 0.4) is 0 Å². The highest BCUT2D eigenvalue weighted by Crippen LogP contribution is 2.00. The number of amides is 1. The topological polar surface area (TPSA) is 92.4 Å². The second-order valence-corrected chi connectivity index (χ2v) is 3.18. The van der Waals surface area contributed by atoms with E-state index in [-0.39, 0.29) is 5.91 Å². The van der Waals surface area contributed by atoms with Crippen molar-refractivity contribution in [2.75, 3.05) is 6.54 Å². The molecule has 1 atom stereocenters. The van der Waals surface area contributed by atoms with Gasteiger partial charge in [0.25, 0.3) is 0 Å². The Hall–Kier alpha value is -1.36. The minimum absolute atomic E-state index is 0.377. The summed E-state index contributed by atoms with van der Waals surface area (Å²) in [6.07, 6.45) is 4.75. The van der Waals surface area contributed by atoms with E-state index in [1.807, 2.05) is 0 Å². The summed E-state index contributed by atoms with van der Waals surface area (Å²) in [7, 11) is 0. The van der Waals surface area contributed by atoms with E-state index in [0.717, 1.165) is 6.42 Å². The molecule has 0 unspecified atom stereocenters. The summed E-state index contributed by atoms with van der Waals surface area (Å²) < 4.78 is 0. The first-order valence-electron chi connectivity index (χ1n) is 4.98. The molecule has 1 amide bonds. The zero-order valence-corrected chi connectivity index (χ0v) is 8.90. The van der Waals surface area contributed by atoms with Crippen LogP contribution in [0.4, 0.5) is 0 Å². The van der Waals surface area contributed by atoms with Gasteiger partial charge in [0.2, 0.25) is 5.91 Å².